The number of esters is 1. The van der Waals surface area contributed by atoms with Gasteiger partial charge in [-0.3, -0.25) is 4.79 Å². The predicted molar refractivity (Wildman–Crippen MR) is 103 cm³/mol. The molecule has 0 fully saturated rings. The number of ketones is 1. The number of sulfone groups is 1. The van der Waals surface area contributed by atoms with Gasteiger partial charge in [-0.1, -0.05) is 11.6 Å². The lowest BCUT2D eigenvalue weighted by Gasteiger charge is -2.14. The minimum absolute atomic E-state index is 0.0400. The number of benzene rings is 1. The summed E-state index contributed by atoms with van der Waals surface area (Å²) in [5.74, 6) is -1.01. The summed E-state index contributed by atoms with van der Waals surface area (Å²) in [6.07, 6.45) is 1.09. The van der Waals surface area contributed by atoms with E-state index in [1.807, 2.05) is 0 Å². The van der Waals surface area contributed by atoms with Crippen LogP contribution >= 0.6 is 11.6 Å². The van der Waals surface area contributed by atoms with Crippen LogP contribution in [0.15, 0.2) is 11.0 Å². The van der Waals surface area contributed by atoms with Gasteiger partial charge in [-0.15, -0.1) is 0 Å². The van der Waals surface area contributed by atoms with Crippen molar-refractivity contribution in [3.05, 3.63) is 39.0 Å². The van der Waals surface area contributed by atoms with Crippen molar-refractivity contribution in [2.75, 3.05) is 20.0 Å². The third-order valence-corrected chi connectivity index (χ3v) is 6.05. The van der Waals surface area contributed by atoms with Crippen LogP contribution in [0.4, 0.5) is 0 Å². The highest BCUT2D eigenvalue weighted by Crippen LogP contribution is 2.34. The van der Waals surface area contributed by atoms with Gasteiger partial charge in [-0.25, -0.2) is 17.9 Å². The summed E-state index contributed by atoms with van der Waals surface area (Å²) < 4.78 is 35.4. The topological polar surface area (TPSA) is 105 Å². The monoisotopic (exact) mass is 428 g/mol. The molecule has 10 heteroatoms. The van der Waals surface area contributed by atoms with E-state index in [0.717, 1.165) is 6.26 Å². The predicted octanol–water partition coefficient (Wildman–Crippen LogP) is 2.19. The van der Waals surface area contributed by atoms with Gasteiger partial charge in [0.05, 0.1) is 22.7 Å². The lowest BCUT2D eigenvalue weighted by Crippen LogP contribution is -2.16. The van der Waals surface area contributed by atoms with Crippen molar-refractivity contribution >= 4 is 33.2 Å². The number of aryl methyl sites for hydroxylation is 3. The van der Waals surface area contributed by atoms with Gasteiger partial charge >= 0.3 is 5.97 Å². The number of hydrogen-bond donors (Lipinski definition) is 0. The van der Waals surface area contributed by atoms with Crippen molar-refractivity contribution in [2.24, 2.45) is 7.05 Å². The van der Waals surface area contributed by atoms with Gasteiger partial charge in [0.15, 0.2) is 16.4 Å². The molecule has 0 amide bonds. The van der Waals surface area contributed by atoms with Crippen LogP contribution < -0.4 is 4.74 Å². The molecule has 0 aliphatic carbocycles. The first kappa shape index (κ1) is 21.9. The van der Waals surface area contributed by atoms with Crippen LogP contribution in [0, 0.1) is 20.8 Å². The van der Waals surface area contributed by atoms with Crippen molar-refractivity contribution in [1.82, 2.24) is 9.78 Å². The molecule has 2 aromatic rings. The summed E-state index contributed by atoms with van der Waals surface area (Å²) in [5, 5.41) is 4.21. The average molecular weight is 429 g/mol. The standard InChI is InChI=1S/C18H21ClN2O6S/c1-9-7-12(15(19)10(2)17(9)28(6,24)25)16(23)14-11(3)20-21(4)18(14)27-8-13(22)26-5/h7H,8H2,1-6H3. The van der Waals surface area contributed by atoms with Gasteiger partial charge in [-0.05, 0) is 38.0 Å². The van der Waals surface area contributed by atoms with Gasteiger partial charge in [0.2, 0.25) is 11.7 Å². The number of ether oxygens (including phenoxy) is 2. The Balaban J connectivity index is 2.61. The summed E-state index contributed by atoms with van der Waals surface area (Å²) in [6.45, 7) is 4.37. The van der Waals surface area contributed by atoms with E-state index in [9.17, 15) is 18.0 Å². The molecule has 0 atom stereocenters. The van der Waals surface area contributed by atoms with E-state index in [4.69, 9.17) is 16.3 Å². The van der Waals surface area contributed by atoms with Crippen molar-refractivity contribution in [2.45, 2.75) is 25.7 Å². The lowest BCUT2D eigenvalue weighted by molar-refractivity contribution is -0.143. The third kappa shape index (κ3) is 4.05. The Morgan fingerprint density at radius 1 is 1.25 bits per heavy atom. The molecule has 0 unspecified atom stereocenters. The van der Waals surface area contributed by atoms with Crippen LogP contribution in [0.1, 0.15) is 32.7 Å². The Bertz CT molecular complexity index is 1070. The fourth-order valence-corrected chi connectivity index (χ4v) is 4.66. The second-order valence-corrected chi connectivity index (χ2v) is 8.69. The van der Waals surface area contributed by atoms with Gasteiger partial charge in [0.1, 0.15) is 5.56 Å². The molecule has 0 aliphatic rings. The second kappa shape index (κ2) is 7.92. The Labute approximate surface area is 168 Å². The van der Waals surface area contributed by atoms with E-state index >= 15 is 0 Å². The molecule has 0 bridgehead atoms. The zero-order chi connectivity index (χ0) is 21.4. The first-order valence-electron chi connectivity index (χ1n) is 8.17. The first-order valence-corrected chi connectivity index (χ1v) is 10.4. The largest absolute Gasteiger partial charge is 0.466 e. The van der Waals surface area contributed by atoms with Crippen molar-refractivity contribution in [3.8, 4) is 5.88 Å². The van der Waals surface area contributed by atoms with Gasteiger partial charge in [0, 0.05) is 18.9 Å². The minimum atomic E-state index is -3.52. The number of aromatic nitrogens is 2. The number of halogens is 1. The molecular weight excluding hydrogens is 408 g/mol. The molecule has 0 saturated heterocycles. The molecule has 0 aliphatic heterocycles. The summed E-state index contributed by atoms with van der Waals surface area (Å²) in [7, 11) is -0.722. The highest BCUT2D eigenvalue weighted by atomic mass is 35.5. The second-order valence-electron chi connectivity index (χ2n) is 6.36. The van der Waals surface area contributed by atoms with E-state index in [0.29, 0.717) is 16.8 Å². The smallest absolute Gasteiger partial charge is 0.343 e. The van der Waals surface area contributed by atoms with Gasteiger partial charge in [0.25, 0.3) is 0 Å². The van der Waals surface area contributed by atoms with E-state index in [1.54, 1.807) is 27.8 Å². The van der Waals surface area contributed by atoms with Crippen molar-refractivity contribution in [1.29, 1.82) is 0 Å². The molecule has 28 heavy (non-hydrogen) atoms. The molecule has 0 radical (unpaired) electrons. The van der Waals surface area contributed by atoms with Crippen LogP contribution in [0.3, 0.4) is 0 Å². The van der Waals surface area contributed by atoms with E-state index in [2.05, 4.69) is 9.84 Å². The third-order valence-electron chi connectivity index (χ3n) is 4.19. The maximum absolute atomic E-state index is 13.2. The molecule has 1 aromatic carbocycles. The zero-order valence-electron chi connectivity index (χ0n) is 16.4. The van der Waals surface area contributed by atoms with Crippen LogP contribution in [0.2, 0.25) is 5.02 Å². The van der Waals surface area contributed by atoms with Crippen molar-refractivity contribution in [3.63, 3.8) is 0 Å². The highest BCUT2D eigenvalue weighted by Gasteiger charge is 2.28. The SMILES string of the molecule is COC(=O)COc1c(C(=O)c2cc(C)c(S(C)(=O)=O)c(C)c2Cl)c(C)nn1C. The highest BCUT2D eigenvalue weighted by molar-refractivity contribution is 7.90. The average Bonchev–Trinajstić information content (AvgIpc) is 2.87. The Morgan fingerprint density at radius 2 is 1.86 bits per heavy atom. The fourth-order valence-electron chi connectivity index (χ4n) is 3.06. The summed E-state index contributed by atoms with van der Waals surface area (Å²) in [4.78, 5) is 24.7. The Kier molecular flexibility index (Phi) is 6.20. The first-order chi connectivity index (χ1) is 12.9. The normalized spacial score (nSPS) is 11.4. The Hall–Kier alpha value is -2.39. The maximum atomic E-state index is 13.2. The van der Waals surface area contributed by atoms with Gasteiger partial charge in [-0.2, -0.15) is 5.10 Å². The van der Waals surface area contributed by atoms with Crippen LogP contribution in [0.25, 0.3) is 0 Å². The maximum Gasteiger partial charge on any atom is 0.343 e. The Morgan fingerprint density at radius 3 is 2.39 bits per heavy atom. The quantitative estimate of drug-likeness (QED) is 0.513. The summed E-state index contributed by atoms with van der Waals surface area (Å²) in [5.41, 5.74) is 1.35. The molecule has 1 aromatic heterocycles. The molecule has 152 valence electrons. The number of nitrogens with zero attached hydrogens (tertiary/aromatic N) is 2. The number of methoxy groups -OCH3 is 1. The van der Waals surface area contributed by atoms with E-state index < -0.39 is 28.2 Å². The van der Waals surface area contributed by atoms with Crippen molar-refractivity contribution < 1.29 is 27.5 Å². The number of rotatable bonds is 6. The molecule has 8 nitrogen and oxygen atoms in total. The molecule has 2 rings (SSSR count). The molecule has 0 N–H and O–H groups in total. The minimum Gasteiger partial charge on any atom is -0.466 e. The zero-order valence-corrected chi connectivity index (χ0v) is 18.0. The lowest BCUT2D eigenvalue weighted by atomic mass is 9.99. The summed E-state index contributed by atoms with van der Waals surface area (Å²) >= 11 is 6.36. The summed E-state index contributed by atoms with van der Waals surface area (Å²) in [6, 6.07) is 1.44. The molecule has 1 heterocycles. The number of carbonyl (C=O) groups excluding carboxylic acids is 2. The molecule has 0 spiro atoms. The van der Waals surface area contributed by atoms with E-state index in [1.165, 1.54) is 17.9 Å². The van der Waals surface area contributed by atoms with Crippen LogP contribution in [-0.4, -0.2) is 49.9 Å². The van der Waals surface area contributed by atoms with Crippen LogP contribution in [-0.2, 0) is 26.4 Å². The fraction of sp³-hybridized carbons (Fsp3) is 0.389. The van der Waals surface area contributed by atoms with E-state index in [-0.39, 0.29) is 26.9 Å². The van der Waals surface area contributed by atoms with Gasteiger partial charge < -0.3 is 9.47 Å². The molecule has 0 saturated carbocycles. The number of hydrogen-bond acceptors (Lipinski definition) is 7. The van der Waals surface area contributed by atoms with Crippen LogP contribution in [0.5, 0.6) is 5.88 Å². The molecular formula is C18H21ClN2O6S. The number of carbonyl (C=O) groups is 2.